The molecule has 2 rings (SSSR count). The Labute approximate surface area is 88.9 Å². The Morgan fingerprint density at radius 2 is 2.13 bits per heavy atom. The summed E-state index contributed by atoms with van der Waals surface area (Å²) in [5.41, 5.74) is 1.53. The predicted octanol–water partition coefficient (Wildman–Crippen LogP) is 2.81. The number of rotatable bonds is 1. The third kappa shape index (κ3) is 1.71. The van der Waals surface area contributed by atoms with Gasteiger partial charge in [-0.25, -0.2) is 4.39 Å². The van der Waals surface area contributed by atoms with Crippen molar-refractivity contribution in [3.63, 3.8) is 0 Å². The summed E-state index contributed by atoms with van der Waals surface area (Å²) in [4.78, 5) is 0. The van der Waals surface area contributed by atoms with Crippen molar-refractivity contribution in [3.8, 4) is 0 Å². The summed E-state index contributed by atoms with van der Waals surface area (Å²) in [5, 5.41) is 0. The molecule has 0 radical (unpaired) electrons. The number of benzene rings is 1. The van der Waals surface area contributed by atoms with Gasteiger partial charge in [-0.1, -0.05) is 36.8 Å². The second-order valence-corrected chi connectivity index (χ2v) is 3.49. The third-order valence-electron chi connectivity index (χ3n) is 2.42. The van der Waals surface area contributed by atoms with Crippen LogP contribution in [0.1, 0.15) is 11.1 Å². The Morgan fingerprint density at radius 1 is 1.33 bits per heavy atom. The van der Waals surface area contributed by atoms with Crippen molar-refractivity contribution in [3.05, 3.63) is 65.6 Å². The Morgan fingerprint density at radius 3 is 2.80 bits per heavy atom. The fraction of sp³-hybridized carbons (Fsp3) is 0.0769. The van der Waals surface area contributed by atoms with Gasteiger partial charge < -0.3 is 0 Å². The van der Waals surface area contributed by atoms with Crippen LogP contribution in [0.4, 0.5) is 4.39 Å². The number of hydrogen-bond donors (Lipinski definition) is 0. The quantitative estimate of drug-likeness (QED) is 0.485. The first-order chi connectivity index (χ1) is 7.20. The van der Waals surface area contributed by atoms with Crippen molar-refractivity contribution < 1.29 is 8.97 Å². The van der Waals surface area contributed by atoms with Crippen LogP contribution in [-0.4, -0.2) is 11.3 Å². The van der Waals surface area contributed by atoms with Gasteiger partial charge in [0.1, 0.15) is 12.2 Å². The lowest BCUT2D eigenvalue weighted by Gasteiger charge is -2.19. The molecule has 0 saturated carbocycles. The molecule has 0 fully saturated rings. The van der Waals surface area contributed by atoms with E-state index >= 15 is 0 Å². The highest BCUT2D eigenvalue weighted by molar-refractivity contribution is 5.43. The average Bonchev–Trinajstić information content (AvgIpc) is 2.20. The summed E-state index contributed by atoms with van der Waals surface area (Å²) < 4.78 is 15.3. The highest BCUT2D eigenvalue weighted by Gasteiger charge is 2.18. The molecule has 0 aliphatic carbocycles. The predicted molar refractivity (Wildman–Crippen MR) is 59.1 cm³/mol. The summed E-state index contributed by atoms with van der Waals surface area (Å²) in [6, 6.07) is 5.86. The van der Waals surface area contributed by atoms with Gasteiger partial charge in [0, 0.05) is 5.56 Å². The second kappa shape index (κ2) is 3.73. The van der Waals surface area contributed by atoms with Crippen LogP contribution in [0.3, 0.4) is 0 Å². The molecule has 0 N–H and O–H groups in total. The zero-order chi connectivity index (χ0) is 10.8. The van der Waals surface area contributed by atoms with Crippen molar-refractivity contribution in [2.24, 2.45) is 0 Å². The van der Waals surface area contributed by atoms with Crippen molar-refractivity contribution in [1.82, 2.24) is 0 Å². The molecule has 1 aromatic carbocycles. The SMILES string of the molecule is C=[N+]1C=CC=C[C-]1c1c(C)cccc1F. The van der Waals surface area contributed by atoms with Gasteiger partial charge in [-0.15, -0.1) is 6.08 Å². The van der Waals surface area contributed by atoms with Crippen molar-refractivity contribution >= 4 is 6.72 Å². The first-order valence-corrected chi connectivity index (χ1v) is 4.77. The first kappa shape index (κ1) is 9.71. The van der Waals surface area contributed by atoms with Crippen LogP contribution in [0.2, 0.25) is 0 Å². The fourth-order valence-corrected chi connectivity index (χ4v) is 1.66. The minimum atomic E-state index is -0.210. The van der Waals surface area contributed by atoms with Crippen LogP contribution >= 0.6 is 0 Å². The fourth-order valence-electron chi connectivity index (χ4n) is 1.66. The van der Waals surface area contributed by atoms with Crippen LogP contribution in [0.15, 0.2) is 42.6 Å². The molecule has 0 saturated heterocycles. The van der Waals surface area contributed by atoms with E-state index in [4.69, 9.17) is 0 Å². The van der Waals surface area contributed by atoms with E-state index in [-0.39, 0.29) is 5.82 Å². The van der Waals surface area contributed by atoms with E-state index in [0.29, 0.717) is 5.56 Å². The van der Waals surface area contributed by atoms with Crippen LogP contribution in [0.25, 0.3) is 0 Å². The van der Waals surface area contributed by atoms with Gasteiger partial charge >= 0.3 is 0 Å². The van der Waals surface area contributed by atoms with Crippen LogP contribution in [-0.2, 0) is 0 Å². The Kier molecular flexibility index (Phi) is 2.42. The lowest BCUT2D eigenvalue weighted by molar-refractivity contribution is -0.418. The zero-order valence-corrected chi connectivity index (χ0v) is 8.57. The largest absolute Gasteiger partial charge is 0.255 e. The molecule has 1 nitrogen and oxygen atoms in total. The van der Waals surface area contributed by atoms with Gasteiger partial charge in [0.15, 0.2) is 0 Å². The topological polar surface area (TPSA) is 3.01 Å². The van der Waals surface area contributed by atoms with Crippen LogP contribution < -0.4 is 0 Å². The normalized spacial score (nSPS) is 14.8. The van der Waals surface area contributed by atoms with E-state index in [1.54, 1.807) is 16.8 Å². The molecule has 76 valence electrons. The smallest absolute Gasteiger partial charge is 0.150 e. The molecule has 2 heteroatoms. The molecule has 1 aliphatic heterocycles. The highest BCUT2D eigenvalue weighted by atomic mass is 19.1. The lowest BCUT2D eigenvalue weighted by atomic mass is 9.99. The van der Waals surface area contributed by atoms with Crippen LogP contribution in [0, 0.1) is 18.8 Å². The van der Waals surface area contributed by atoms with E-state index in [1.165, 1.54) is 6.07 Å². The molecule has 15 heavy (non-hydrogen) atoms. The van der Waals surface area contributed by atoms with Gasteiger partial charge in [-0.3, -0.25) is 4.58 Å². The van der Waals surface area contributed by atoms with E-state index in [0.717, 1.165) is 11.6 Å². The van der Waals surface area contributed by atoms with Gasteiger partial charge in [-0.05, 0) is 6.08 Å². The Balaban J connectivity index is 2.50. The van der Waals surface area contributed by atoms with E-state index < -0.39 is 0 Å². The number of aryl methyl sites for hydroxylation is 1. The number of nitrogens with zero attached hydrogens (tertiary/aromatic N) is 1. The van der Waals surface area contributed by atoms with Crippen molar-refractivity contribution in [2.45, 2.75) is 6.92 Å². The van der Waals surface area contributed by atoms with Gasteiger partial charge in [-0.2, -0.15) is 0 Å². The molecule has 1 aliphatic rings. The standard InChI is InChI=1S/C13H12FN/c1-10-6-5-7-11(14)13(10)12-8-3-4-9-15(12)2/h3-9H,2H2,1H3. The minimum absolute atomic E-state index is 0.210. The molecule has 0 atom stereocenters. The molecule has 0 spiro atoms. The lowest BCUT2D eigenvalue weighted by Crippen LogP contribution is -2.15. The van der Waals surface area contributed by atoms with E-state index in [9.17, 15) is 4.39 Å². The Hall–Kier alpha value is -1.83. The van der Waals surface area contributed by atoms with E-state index in [2.05, 4.69) is 6.72 Å². The maximum absolute atomic E-state index is 13.7. The van der Waals surface area contributed by atoms with Gasteiger partial charge in [0.2, 0.25) is 0 Å². The maximum Gasteiger partial charge on any atom is 0.150 e. The summed E-state index contributed by atoms with van der Waals surface area (Å²) >= 11 is 0. The van der Waals surface area contributed by atoms with Crippen LogP contribution in [0.5, 0.6) is 0 Å². The molecule has 1 aromatic rings. The number of allylic oxidation sites excluding steroid dienone is 2. The average molecular weight is 201 g/mol. The summed E-state index contributed by atoms with van der Waals surface area (Å²) in [7, 11) is 0. The zero-order valence-electron chi connectivity index (χ0n) is 8.57. The van der Waals surface area contributed by atoms with Crippen molar-refractivity contribution in [1.29, 1.82) is 0 Å². The molecule has 1 heterocycles. The third-order valence-corrected chi connectivity index (χ3v) is 2.42. The molecular formula is C13H12FN. The molecule has 0 unspecified atom stereocenters. The molecule has 0 aromatic heterocycles. The Bertz CT molecular complexity index is 437. The summed E-state index contributed by atoms with van der Waals surface area (Å²) in [5.74, 6) is -0.210. The number of halogens is 1. The number of hydrogen-bond acceptors (Lipinski definition) is 0. The van der Waals surface area contributed by atoms with Gasteiger partial charge in [0.05, 0.1) is 12.5 Å². The van der Waals surface area contributed by atoms with Crippen molar-refractivity contribution in [2.75, 3.05) is 0 Å². The van der Waals surface area contributed by atoms with E-state index in [1.807, 2.05) is 31.2 Å². The van der Waals surface area contributed by atoms with Gasteiger partial charge in [0.25, 0.3) is 0 Å². The molecule has 0 bridgehead atoms. The molecular weight excluding hydrogens is 189 g/mol. The molecule has 0 amide bonds. The first-order valence-electron chi connectivity index (χ1n) is 4.77. The second-order valence-electron chi connectivity index (χ2n) is 3.49. The maximum atomic E-state index is 13.7. The monoisotopic (exact) mass is 201 g/mol. The summed E-state index contributed by atoms with van der Waals surface area (Å²) in [6.07, 6.45) is 7.41. The summed E-state index contributed by atoms with van der Waals surface area (Å²) in [6.45, 7) is 5.72. The highest BCUT2D eigenvalue weighted by Crippen LogP contribution is 2.25. The minimum Gasteiger partial charge on any atom is -0.255 e.